The van der Waals surface area contributed by atoms with Gasteiger partial charge in [-0.05, 0) is 37.1 Å². The van der Waals surface area contributed by atoms with Crippen molar-refractivity contribution in [3.8, 4) is 5.75 Å². The van der Waals surface area contributed by atoms with Crippen molar-refractivity contribution in [1.29, 1.82) is 0 Å². The molecule has 0 aliphatic heterocycles. The van der Waals surface area contributed by atoms with Gasteiger partial charge >= 0.3 is 0 Å². The van der Waals surface area contributed by atoms with Crippen molar-refractivity contribution < 1.29 is 18.9 Å². The third kappa shape index (κ3) is 4.18. The van der Waals surface area contributed by atoms with E-state index in [2.05, 4.69) is 5.73 Å². The number of nitrogens with two attached hydrogens (primary N) is 1. The van der Waals surface area contributed by atoms with Gasteiger partial charge in [-0.1, -0.05) is 0 Å². The highest BCUT2D eigenvalue weighted by Crippen LogP contribution is 2.14. The molecule has 0 unspecified atom stereocenters. The molecule has 0 aliphatic rings. The lowest BCUT2D eigenvalue weighted by molar-refractivity contribution is -0.368. The molecule has 0 atom stereocenters. The van der Waals surface area contributed by atoms with E-state index in [4.69, 9.17) is 9.88 Å². The molecule has 0 saturated heterocycles. The van der Waals surface area contributed by atoms with E-state index in [-0.39, 0.29) is 4.90 Å². The van der Waals surface area contributed by atoms with Crippen LogP contribution in [-0.2, 0) is 10.0 Å². The number of unbranched alkanes of at least 4 members (excludes halogenated alkanes) is 1. The highest BCUT2D eigenvalue weighted by atomic mass is 32.2. The van der Waals surface area contributed by atoms with Gasteiger partial charge in [-0.15, -0.1) is 0 Å². The molecule has 1 aromatic carbocycles. The fourth-order valence-electron chi connectivity index (χ4n) is 1.19. The lowest BCUT2D eigenvalue weighted by Gasteiger charge is -2.05. The molecule has 6 heteroatoms. The normalized spacial score (nSPS) is 11.4. The summed E-state index contributed by atoms with van der Waals surface area (Å²) < 4.78 is 27.4. The SMILES string of the molecule is NS(=O)(=O)c1ccc(OCCCC[NH3+])cc1. The fourth-order valence-corrected chi connectivity index (χ4v) is 1.71. The maximum absolute atomic E-state index is 11.0. The van der Waals surface area contributed by atoms with Crippen molar-refractivity contribution in [1.82, 2.24) is 0 Å². The standard InChI is InChI=1S/C10H16N2O3S/c11-7-1-2-8-15-9-3-5-10(6-4-9)16(12,13)14/h3-6H,1-2,7-8,11H2,(H2,12,13,14)/p+1. The van der Waals surface area contributed by atoms with Crippen LogP contribution in [0.5, 0.6) is 5.75 Å². The van der Waals surface area contributed by atoms with Crippen LogP contribution in [0.3, 0.4) is 0 Å². The van der Waals surface area contributed by atoms with E-state index < -0.39 is 10.0 Å². The Bertz CT molecular complexity index is 414. The summed E-state index contributed by atoms with van der Waals surface area (Å²) in [5.74, 6) is 0.650. The zero-order chi connectivity index (χ0) is 12.0. The van der Waals surface area contributed by atoms with E-state index in [1.807, 2.05) is 0 Å². The number of quaternary nitrogens is 1. The van der Waals surface area contributed by atoms with Crippen molar-refractivity contribution in [3.05, 3.63) is 24.3 Å². The van der Waals surface area contributed by atoms with E-state index >= 15 is 0 Å². The van der Waals surface area contributed by atoms with E-state index in [1.165, 1.54) is 12.1 Å². The van der Waals surface area contributed by atoms with Crippen LogP contribution < -0.4 is 15.6 Å². The molecule has 5 N–H and O–H groups in total. The quantitative estimate of drug-likeness (QED) is 0.675. The zero-order valence-corrected chi connectivity index (χ0v) is 9.87. The number of sulfonamides is 1. The van der Waals surface area contributed by atoms with Crippen LogP contribution in [0.2, 0.25) is 0 Å². The second-order valence-electron chi connectivity index (χ2n) is 3.43. The second kappa shape index (κ2) is 5.83. The Hall–Kier alpha value is -1.11. The molecule has 0 fully saturated rings. The molecular weight excluding hydrogens is 228 g/mol. The first kappa shape index (κ1) is 13.0. The van der Waals surface area contributed by atoms with Crippen LogP contribution in [0.15, 0.2) is 29.2 Å². The lowest BCUT2D eigenvalue weighted by Crippen LogP contribution is -2.50. The van der Waals surface area contributed by atoms with Gasteiger partial charge in [0.1, 0.15) is 5.75 Å². The molecule has 0 saturated carbocycles. The number of hydrogen-bond donors (Lipinski definition) is 2. The lowest BCUT2D eigenvalue weighted by atomic mass is 10.3. The number of rotatable bonds is 6. The van der Waals surface area contributed by atoms with Gasteiger partial charge in [0.2, 0.25) is 10.0 Å². The Morgan fingerprint density at radius 2 is 1.81 bits per heavy atom. The van der Waals surface area contributed by atoms with Gasteiger partial charge in [0.25, 0.3) is 0 Å². The Kier molecular flexibility index (Phi) is 4.72. The number of ether oxygens (including phenoxy) is 1. The fraction of sp³-hybridized carbons (Fsp3) is 0.400. The van der Waals surface area contributed by atoms with Gasteiger partial charge in [-0.2, -0.15) is 0 Å². The Morgan fingerprint density at radius 3 is 2.31 bits per heavy atom. The van der Waals surface area contributed by atoms with Crippen molar-refractivity contribution >= 4 is 10.0 Å². The number of primary sulfonamides is 1. The summed E-state index contributed by atoms with van der Waals surface area (Å²) in [6, 6.07) is 6.08. The predicted molar refractivity (Wildman–Crippen MR) is 60.3 cm³/mol. The monoisotopic (exact) mass is 245 g/mol. The molecule has 0 spiro atoms. The molecule has 5 nitrogen and oxygen atoms in total. The van der Waals surface area contributed by atoms with Crippen molar-refractivity contribution in [3.63, 3.8) is 0 Å². The maximum atomic E-state index is 11.0. The van der Waals surface area contributed by atoms with Crippen LogP contribution in [0.1, 0.15) is 12.8 Å². The Labute approximate surface area is 95.4 Å². The average molecular weight is 245 g/mol. The number of benzene rings is 1. The minimum Gasteiger partial charge on any atom is -0.494 e. The third-order valence-corrected chi connectivity index (χ3v) is 2.99. The summed E-state index contributed by atoms with van der Waals surface area (Å²) in [7, 11) is -3.61. The van der Waals surface area contributed by atoms with E-state index in [1.54, 1.807) is 12.1 Å². The molecule has 0 aliphatic carbocycles. The van der Waals surface area contributed by atoms with Crippen LogP contribution in [-0.4, -0.2) is 21.6 Å². The molecule has 0 bridgehead atoms. The summed E-state index contributed by atoms with van der Waals surface area (Å²) in [4.78, 5) is 0.0950. The van der Waals surface area contributed by atoms with E-state index in [0.29, 0.717) is 12.4 Å². The summed E-state index contributed by atoms with van der Waals surface area (Å²) >= 11 is 0. The first-order valence-electron chi connectivity index (χ1n) is 5.09. The first-order valence-corrected chi connectivity index (χ1v) is 6.63. The molecule has 1 aromatic rings. The maximum Gasteiger partial charge on any atom is 0.238 e. The molecule has 0 aromatic heterocycles. The topological polar surface area (TPSA) is 97.0 Å². The highest BCUT2D eigenvalue weighted by molar-refractivity contribution is 7.89. The Morgan fingerprint density at radius 1 is 1.19 bits per heavy atom. The summed E-state index contributed by atoms with van der Waals surface area (Å²) in [5, 5.41) is 4.97. The number of hydrogen-bond acceptors (Lipinski definition) is 3. The smallest absolute Gasteiger partial charge is 0.238 e. The average Bonchev–Trinajstić information content (AvgIpc) is 2.24. The largest absolute Gasteiger partial charge is 0.494 e. The molecular formula is C10H17N2O3S+. The van der Waals surface area contributed by atoms with Gasteiger partial charge in [0.15, 0.2) is 0 Å². The van der Waals surface area contributed by atoms with Crippen molar-refractivity contribution in [2.45, 2.75) is 17.7 Å². The minimum absolute atomic E-state index is 0.0950. The van der Waals surface area contributed by atoms with Crippen LogP contribution in [0, 0.1) is 0 Å². The molecule has 0 heterocycles. The molecule has 90 valence electrons. The second-order valence-corrected chi connectivity index (χ2v) is 4.99. The van der Waals surface area contributed by atoms with Gasteiger partial charge in [-0.3, -0.25) is 0 Å². The third-order valence-electron chi connectivity index (χ3n) is 2.07. The summed E-state index contributed by atoms with van der Waals surface area (Å²) in [6.07, 6.45) is 1.97. The van der Waals surface area contributed by atoms with E-state index in [0.717, 1.165) is 19.4 Å². The van der Waals surface area contributed by atoms with Gasteiger partial charge in [-0.25, -0.2) is 13.6 Å². The van der Waals surface area contributed by atoms with Crippen molar-refractivity contribution in [2.75, 3.05) is 13.2 Å². The first-order chi connectivity index (χ1) is 7.54. The molecule has 16 heavy (non-hydrogen) atoms. The van der Waals surface area contributed by atoms with Gasteiger partial charge in [0.05, 0.1) is 18.0 Å². The zero-order valence-electron chi connectivity index (χ0n) is 9.06. The predicted octanol–water partition coefficient (Wildman–Crippen LogP) is -0.265. The molecule has 0 amide bonds. The Balaban J connectivity index is 2.52. The highest BCUT2D eigenvalue weighted by Gasteiger charge is 2.06. The summed E-state index contributed by atoms with van der Waals surface area (Å²) in [6.45, 7) is 1.51. The molecule has 1 rings (SSSR count). The van der Waals surface area contributed by atoms with Crippen LogP contribution in [0.4, 0.5) is 0 Å². The van der Waals surface area contributed by atoms with Crippen molar-refractivity contribution in [2.24, 2.45) is 5.14 Å². The molecule has 0 radical (unpaired) electrons. The van der Waals surface area contributed by atoms with E-state index in [9.17, 15) is 8.42 Å². The van der Waals surface area contributed by atoms with Crippen LogP contribution >= 0.6 is 0 Å². The van der Waals surface area contributed by atoms with Gasteiger partial charge < -0.3 is 10.5 Å². The van der Waals surface area contributed by atoms with Gasteiger partial charge in [0, 0.05) is 0 Å². The summed E-state index contributed by atoms with van der Waals surface area (Å²) in [5.41, 5.74) is 3.73. The van der Waals surface area contributed by atoms with Crippen LogP contribution in [0.25, 0.3) is 0 Å². The minimum atomic E-state index is -3.61.